The topological polar surface area (TPSA) is 116 Å². The zero-order valence-corrected chi connectivity index (χ0v) is 15.2. The van der Waals surface area contributed by atoms with Crippen molar-refractivity contribution in [1.29, 1.82) is 0 Å². The van der Waals surface area contributed by atoms with Gasteiger partial charge in [-0.1, -0.05) is 0 Å². The average Bonchev–Trinajstić information content (AvgIpc) is 2.54. The van der Waals surface area contributed by atoms with Crippen molar-refractivity contribution in [2.45, 2.75) is 30.7 Å². The third kappa shape index (κ3) is 4.15. The van der Waals surface area contributed by atoms with E-state index in [0.717, 1.165) is 18.9 Å². The van der Waals surface area contributed by atoms with Gasteiger partial charge in [-0.25, -0.2) is 8.42 Å². The second kappa shape index (κ2) is 8.11. The number of nitrogens with two attached hydrogens (primary N) is 1. The number of piperidine rings is 1. The molecule has 0 aromatic heterocycles. The van der Waals surface area contributed by atoms with Crippen molar-refractivity contribution in [3.63, 3.8) is 0 Å². The van der Waals surface area contributed by atoms with Gasteiger partial charge < -0.3 is 10.5 Å². The third-order valence-corrected chi connectivity index (χ3v) is 6.01. The highest BCUT2D eigenvalue weighted by Crippen LogP contribution is 2.32. The molecule has 1 aliphatic heterocycles. The second-order valence-corrected chi connectivity index (χ2v) is 7.65. The van der Waals surface area contributed by atoms with Gasteiger partial charge in [0.15, 0.2) is 5.75 Å². The molecule has 24 heavy (non-hydrogen) atoms. The van der Waals surface area contributed by atoms with Crippen molar-refractivity contribution < 1.29 is 18.1 Å². The van der Waals surface area contributed by atoms with Crippen LogP contribution in [-0.2, 0) is 10.0 Å². The van der Waals surface area contributed by atoms with Gasteiger partial charge in [-0.2, -0.15) is 4.31 Å². The van der Waals surface area contributed by atoms with Crippen LogP contribution < -0.4 is 10.5 Å². The average molecular weight is 380 g/mol. The lowest BCUT2D eigenvalue weighted by molar-refractivity contribution is -0.386. The fraction of sp³-hybridized carbons (Fsp3) is 0.571. The first-order valence-electron chi connectivity index (χ1n) is 7.35. The van der Waals surface area contributed by atoms with Crippen LogP contribution in [-0.4, -0.2) is 43.9 Å². The number of nitro benzene ring substituents is 1. The van der Waals surface area contributed by atoms with Crippen molar-refractivity contribution >= 4 is 28.1 Å². The van der Waals surface area contributed by atoms with Crippen molar-refractivity contribution in [3.8, 4) is 5.75 Å². The Morgan fingerprint density at radius 2 is 2.12 bits per heavy atom. The molecule has 0 spiro atoms. The molecule has 136 valence electrons. The van der Waals surface area contributed by atoms with Gasteiger partial charge in [0.25, 0.3) is 0 Å². The van der Waals surface area contributed by atoms with Crippen LogP contribution in [0.25, 0.3) is 0 Å². The van der Waals surface area contributed by atoms with Crippen LogP contribution in [0.1, 0.15) is 19.8 Å². The van der Waals surface area contributed by atoms with E-state index in [2.05, 4.69) is 0 Å². The van der Waals surface area contributed by atoms with E-state index in [1.807, 2.05) is 6.92 Å². The molecule has 2 unspecified atom stereocenters. The van der Waals surface area contributed by atoms with Gasteiger partial charge in [0.2, 0.25) is 10.0 Å². The second-order valence-electron chi connectivity index (χ2n) is 5.72. The van der Waals surface area contributed by atoms with Crippen LogP contribution in [0.4, 0.5) is 5.69 Å². The normalized spacial score (nSPS) is 20.0. The number of halogens is 1. The van der Waals surface area contributed by atoms with E-state index in [0.29, 0.717) is 13.1 Å². The molecule has 2 rings (SSSR count). The van der Waals surface area contributed by atoms with Crippen LogP contribution in [0.2, 0.25) is 0 Å². The third-order valence-electron chi connectivity index (χ3n) is 4.15. The highest BCUT2D eigenvalue weighted by molar-refractivity contribution is 7.89. The molecule has 1 aromatic carbocycles. The molecular formula is C14H22ClN3O5S. The van der Waals surface area contributed by atoms with Crippen LogP contribution in [0.5, 0.6) is 5.75 Å². The van der Waals surface area contributed by atoms with Crippen LogP contribution in [0.15, 0.2) is 23.1 Å². The largest absolute Gasteiger partial charge is 0.490 e. The van der Waals surface area contributed by atoms with Crippen molar-refractivity contribution in [2.75, 3.05) is 20.2 Å². The summed E-state index contributed by atoms with van der Waals surface area (Å²) >= 11 is 0. The lowest BCUT2D eigenvalue weighted by atomic mass is 9.93. The summed E-state index contributed by atoms with van der Waals surface area (Å²) < 4.78 is 31.8. The Labute approximate surface area is 147 Å². The molecule has 1 fully saturated rings. The molecule has 0 aliphatic carbocycles. The number of nitro groups is 1. The van der Waals surface area contributed by atoms with Gasteiger partial charge in [0.1, 0.15) is 0 Å². The Bertz CT molecular complexity index is 696. The number of ether oxygens (including phenoxy) is 1. The summed E-state index contributed by atoms with van der Waals surface area (Å²) in [6.45, 7) is 2.59. The number of benzene rings is 1. The van der Waals surface area contributed by atoms with E-state index in [1.165, 1.54) is 23.5 Å². The number of hydrogen-bond acceptors (Lipinski definition) is 6. The summed E-state index contributed by atoms with van der Waals surface area (Å²) in [5.41, 5.74) is 5.52. The highest BCUT2D eigenvalue weighted by Gasteiger charge is 2.33. The smallest absolute Gasteiger partial charge is 0.312 e. The Hall–Kier alpha value is -1.42. The molecule has 2 atom stereocenters. The molecule has 1 heterocycles. The fourth-order valence-electron chi connectivity index (χ4n) is 2.74. The molecule has 0 amide bonds. The van der Waals surface area contributed by atoms with E-state index < -0.39 is 14.9 Å². The first-order valence-corrected chi connectivity index (χ1v) is 8.79. The molecule has 0 saturated carbocycles. The summed E-state index contributed by atoms with van der Waals surface area (Å²) in [6.07, 6.45) is 1.61. The molecule has 1 saturated heterocycles. The molecule has 10 heteroatoms. The first-order chi connectivity index (χ1) is 10.8. The van der Waals surface area contributed by atoms with E-state index in [1.54, 1.807) is 0 Å². The lowest BCUT2D eigenvalue weighted by Gasteiger charge is -2.33. The predicted molar refractivity (Wildman–Crippen MR) is 92.0 cm³/mol. The van der Waals surface area contributed by atoms with Crippen LogP contribution in [0, 0.1) is 16.0 Å². The standard InChI is InChI=1S/C14H21N3O5S.ClH/c1-10(15)11-4-3-7-16(9-11)23(20,21)12-5-6-14(22-2)13(8-12)17(18)19;/h5-6,8,10-11H,3-4,7,9,15H2,1-2H3;1H. The number of sulfonamides is 1. The van der Waals surface area contributed by atoms with E-state index >= 15 is 0 Å². The molecule has 0 radical (unpaired) electrons. The number of rotatable bonds is 5. The van der Waals surface area contributed by atoms with Gasteiger partial charge in [-0.15, -0.1) is 12.4 Å². The van der Waals surface area contributed by atoms with Crippen LogP contribution >= 0.6 is 12.4 Å². The molecular weight excluding hydrogens is 358 g/mol. The summed E-state index contributed by atoms with van der Waals surface area (Å²) in [5.74, 6) is 0.118. The fourth-order valence-corrected chi connectivity index (χ4v) is 4.30. The van der Waals surface area contributed by atoms with Gasteiger partial charge in [-0.05, 0) is 37.8 Å². The maximum atomic E-state index is 12.8. The van der Waals surface area contributed by atoms with E-state index in [4.69, 9.17) is 10.5 Å². The Morgan fingerprint density at radius 3 is 2.67 bits per heavy atom. The summed E-state index contributed by atoms with van der Waals surface area (Å²) in [5, 5.41) is 11.1. The Morgan fingerprint density at radius 1 is 1.46 bits per heavy atom. The zero-order valence-electron chi connectivity index (χ0n) is 13.5. The molecule has 0 bridgehead atoms. The molecule has 8 nitrogen and oxygen atoms in total. The minimum Gasteiger partial charge on any atom is -0.490 e. The lowest BCUT2D eigenvalue weighted by Crippen LogP contribution is -2.44. The maximum absolute atomic E-state index is 12.8. The minimum atomic E-state index is -3.79. The minimum absolute atomic E-state index is 0. The highest BCUT2D eigenvalue weighted by atomic mass is 35.5. The predicted octanol–water partition coefficient (Wildman–Crippen LogP) is 1.77. The van der Waals surface area contributed by atoms with Crippen LogP contribution in [0.3, 0.4) is 0 Å². The van der Waals surface area contributed by atoms with Gasteiger partial charge in [0.05, 0.1) is 16.9 Å². The van der Waals surface area contributed by atoms with Gasteiger partial charge >= 0.3 is 5.69 Å². The summed E-state index contributed by atoms with van der Waals surface area (Å²) in [7, 11) is -2.49. The number of nitrogens with zero attached hydrogens (tertiary/aromatic N) is 2. The van der Waals surface area contributed by atoms with Crippen molar-refractivity contribution in [3.05, 3.63) is 28.3 Å². The van der Waals surface area contributed by atoms with Gasteiger partial charge in [0, 0.05) is 25.2 Å². The van der Waals surface area contributed by atoms with Crippen molar-refractivity contribution in [2.24, 2.45) is 11.7 Å². The van der Waals surface area contributed by atoms with E-state index in [-0.39, 0.29) is 40.7 Å². The first kappa shape index (κ1) is 20.6. The molecule has 1 aromatic rings. The van der Waals surface area contributed by atoms with Gasteiger partial charge in [-0.3, -0.25) is 10.1 Å². The number of methoxy groups -OCH3 is 1. The molecule has 1 aliphatic rings. The zero-order chi connectivity index (χ0) is 17.2. The number of hydrogen-bond donors (Lipinski definition) is 1. The Balaban J connectivity index is 0.00000288. The monoisotopic (exact) mass is 379 g/mol. The quantitative estimate of drug-likeness (QED) is 0.615. The Kier molecular flexibility index (Phi) is 6.97. The SMILES string of the molecule is COc1ccc(S(=O)(=O)N2CCCC(C(C)N)C2)cc1[N+](=O)[O-].Cl. The van der Waals surface area contributed by atoms with E-state index in [9.17, 15) is 18.5 Å². The summed E-state index contributed by atoms with van der Waals surface area (Å²) in [4.78, 5) is 10.3. The maximum Gasteiger partial charge on any atom is 0.312 e. The summed E-state index contributed by atoms with van der Waals surface area (Å²) in [6, 6.07) is 3.58. The molecule has 2 N–H and O–H groups in total. The van der Waals surface area contributed by atoms with Crippen molar-refractivity contribution in [1.82, 2.24) is 4.31 Å².